The molecule has 0 aromatic heterocycles. The summed E-state index contributed by atoms with van der Waals surface area (Å²) in [4.78, 5) is 13.4. The molecule has 0 aliphatic carbocycles. The number of ketones is 1. The fraction of sp³-hybridized carbons (Fsp3) is 0.176. The lowest BCUT2D eigenvalue weighted by molar-refractivity contribution is 0.101. The van der Waals surface area contributed by atoms with Gasteiger partial charge in [0.05, 0.1) is 12.5 Å². The van der Waals surface area contributed by atoms with Gasteiger partial charge in [-0.25, -0.2) is 0 Å². The van der Waals surface area contributed by atoms with Crippen molar-refractivity contribution < 1.29 is 4.79 Å². The summed E-state index contributed by atoms with van der Waals surface area (Å²) >= 11 is 0. The monoisotopic (exact) mass is 264 g/mol. The highest BCUT2D eigenvalue weighted by atomic mass is 16.1. The lowest BCUT2D eigenvalue weighted by Gasteiger charge is -2.24. The van der Waals surface area contributed by atoms with Crippen molar-refractivity contribution in [3.8, 4) is 6.07 Å². The van der Waals surface area contributed by atoms with Crippen molar-refractivity contribution in [2.75, 3.05) is 11.4 Å². The largest absolute Gasteiger partial charge is 0.340 e. The maximum Gasteiger partial charge on any atom is 0.159 e. The van der Waals surface area contributed by atoms with E-state index >= 15 is 0 Å². The van der Waals surface area contributed by atoms with Gasteiger partial charge in [0.15, 0.2) is 5.78 Å². The summed E-state index contributed by atoms with van der Waals surface area (Å²) in [5.74, 6) is 0.0554. The molecule has 0 aliphatic heterocycles. The number of hydrogen-bond donors (Lipinski definition) is 0. The molecule has 20 heavy (non-hydrogen) atoms. The molecule has 100 valence electrons. The van der Waals surface area contributed by atoms with Crippen LogP contribution in [0, 0.1) is 11.3 Å². The first-order valence-electron chi connectivity index (χ1n) is 6.53. The lowest BCUT2D eigenvalue weighted by atomic mass is 10.1. The van der Waals surface area contributed by atoms with Gasteiger partial charge in [-0.3, -0.25) is 4.79 Å². The summed E-state index contributed by atoms with van der Waals surface area (Å²) in [6, 6.07) is 19.6. The highest BCUT2D eigenvalue weighted by Gasteiger charge is 2.09. The Balaban J connectivity index is 2.31. The van der Waals surface area contributed by atoms with Gasteiger partial charge in [-0.15, -0.1) is 0 Å². The highest BCUT2D eigenvalue weighted by molar-refractivity contribution is 5.94. The average Bonchev–Trinajstić information content (AvgIpc) is 2.49. The van der Waals surface area contributed by atoms with Crippen molar-refractivity contribution in [1.29, 1.82) is 5.26 Å². The van der Waals surface area contributed by atoms with Crippen molar-refractivity contribution in [2.45, 2.75) is 13.3 Å². The zero-order valence-corrected chi connectivity index (χ0v) is 11.4. The van der Waals surface area contributed by atoms with Gasteiger partial charge in [0, 0.05) is 23.5 Å². The van der Waals surface area contributed by atoms with Gasteiger partial charge in [-0.2, -0.15) is 5.26 Å². The van der Waals surface area contributed by atoms with Crippen LogP contribution in [0.4, 0.5) is 11.4 Å². The van der Waals surface area contributed by atoms with Crippen molar-refractivity contribution in [3.05, 3.63) is 60.2 Å². The van der Waals surface area contributed by atoms with Crippen LogP contribution >= 0.6 is 0 Å². The van der Waals surface area contributed by atoms with E-state index in [0.717, 1.165) is 11.4 Å². The molecule has 2 aromatic rings. The van der Waals surface area contributed by atoms with Crippen molar-refractivity contribution in [3.63, 3.8) is 0 Å². The van der Waals surface area contributed by atoms with Crippen LogP contribution in [0.3, 0.4) is 0 Å². The van der Waals surface area contributed by atoms with Gasteiger partial charge in [0.1, 0.15) is 0 Å². The Labute approximate surface area is 119 Å². The number of carbonyl (C=O) groups excluding carboxylic acids is 1. The van der Waals surface area contributed by atoms with Crippen LogP contribution in [0.15, 0.2) is 54.6 Å². The van der Waals surface area contributed by atoms with Gasteiger partial charge >= 0.3 is 0 Å². The molecule has 0 radical (unpaired) electrons. The quantitative estimate of drug-likeness (QED) is 0.768. The van der Waals surface area contributed by atoms with E-state index < -0.39 is 0 Å². The predicted molar refractivity (Wildman–Crippen MR) is 80.1 cm³/mol. The summed E-state index contributed by atoms with van der Waals surface area (Å²) in [5, 5.41) is 8.80. The van der Waals surface area contributed by atoms with Crippen LogP contribution < -0.4 is 4.90 Å². The molecule has 0 fully saturated rings. The first-order chi connectivity index (χ1) is 9.72. The Morgan fingerprint density at radius 3 is 2.20 bits per heavy atom. The summed E-state index contributed by atoms with van der Waals surface area (Å²) < 4.78 is 0. The second-order valence-corrected chi connectivity index (χ2v) is 4.50. The van der Waals surface area contributed by atoms with Gasteiger partial charge in [0.2, 0.25) is 0 Å². The second kappa shape index (κ2) is 6.53. The van der Waals surface area contributed by atoms with Crippen LogP contribution in [-0.2, 0) is 0 Å². The fourth-order valence-corrected chi connectivity index (χ4v) is 2.05. The molecule has 2 rings (SSSR count). The summed E-state index contributed by atoms with van der Waals surface area (Å²) in [5.41, 5.74) is 2.72. The van der Waals surface area contributed by atoms with Crippen LogP contribution in [-0.4, -0.2) is 12.3 Å². The SMILES string of the molecule is CC(=O)c1ccc(N(CCC#N)c2ccccc2)cc1. The summed E-state index contributed by atoms with van der Waals surface area (Å²) in [6.07, 6.45) is 0.448. The number of para-hydroxylation sites is 1. The molecule has 0 N–H and O–H groups in total. The van der Waals surface area contributed by atoms with E-state index in [2.05, 4.69) is 11.0 Å². The molecular weight excluding hydrogens is 248 g/mol. The third kappa shape index (κ3) is 3.24. The number of anilines is 2. The van der Waals surface area contributed by atoms with Crippen LogP contribution in [0.2, 0.25) is 0 Å². The smallest absolute Gasteiger partial charge is 0.159 e. The Bertz CT molecular complexity index is 612. The van der Waals surface area contributed by atoms with Gasteiger partial charge in [-0.1, -0.05) is 18.2 Å². The zero-order chi connectivity index (χ0) is 14.4. The van der Waals surface area contributed by atoms with Crippen LogP contribution in [0.5, 0.6) is 0 Å². The van der Waals surface area contributed by atoms with Crippen LogP contribution in [0.1, 0.15) is 23.7 Å². The maximum atomic E-state index is 11.3. The van der Waals surface area contributed by atoms with E-state index in [9.17, 15) is 4.79 Å². The van der Waals surface area contributed by atoms with Crippen LogP contribution in [0.25, 0.3) is 0 Å². The van der Waals surface area contributed by atoms with Gasteiger partial charge in [0.25, 0.3) is 0 Å². The predicted octanol–water partition coefficient (Wildman–Crippen LogP) is 3.94. The van der Waals surface area contributed by atoms with E-state index in [1.807, 2.05) is 54.6 Å². The molecule has 0 saturated carbocycles. The number of hydrogen-bond acceptors (Lipinski definition) is 3. The van der Waals surface area contributed by atoms with E-state index in [0.29, 0.717) is 18.5 Å². The van der Waals surface area contributed by atoms with Gasteiger partial charge in [-0.05, 0) is 43.3 Å². The minimum absolute atomic E-state index is 0.0554. The summed E-state index contributed by atoms with van der Waals surface area (Å²) in [6.45, 7) is 2.18. The van der Waals surface area contributed by atoms with E-state index in [4.69, 9.17) is 5.26 Å². The number of carbonyl (C=O) groups is 1. The third-order valence-corrected chi connectivity index (χ3v) is 3.10. The van der Waals surface area contributed by atoms with Crippen molar-refractivity contribution in [1.82, 2.24) is 0 Å². The molecule has 0 bridgehead atoms. The highest BCUT2D eigenvalue weighted by Crippen LogP contribution is 2.25. The second-order valence-electron chi connectivity index (χ2n) is 4.50. The molecule has 3 heteroatoms. The van der Waals surface area contributed by atoms with E-state index in [-0.39, 0.29) is 5.78 Å². The molecule has 2 aromatic carbocycles. The number of Topliss-reactive ketones (excluding diaryl/α,β-unsaturated/α-hetero) is 1. The normalized spacial score (nSPS) is 9.80. The van der Waals surface area contributed by atoms with Crippen molar-refractivity contribution in [2.24, 2.45) is 0 Å². The lowest BCUT2D eigenvalue weighted by Crippen LogP contribution is -2.18. The fourth-order valence-electron chi connectivity index (χ4n) is 2.05. The molecule has 0 amide bonds. The van der Waals surface area contributed by atoms with Gasteiger partial charge < -0.3 is 4.90 Å². The first kappa shape index (κ1) is 13.8. The standard InChI is InChI=1S/C17H16N2O/c1-14(20)15-8-10-17(11-9-15)19(13-5-12-18)16-6-3-2-4-7-16/h2-4,6-11H,5,13H2,1H3. The Hall–Kier alpha value is -2.60. The molecule has 0 atom stereocenters. The molecule has 0 heterocycles. The Morgan fingerprint density at radius 2 is 1.65 bits per heavy atom. The molecule has 0 unspecified atom stereocenters. The number of nitrogens with zero attached hydrogens (tertiary/aromatic N) is 2. The maximum absolute atomic E-state index is 11.3. The number of nitriles is 1. The number of rotatable bonds is 5. The molecule has 3 nitrogen and oxygen atoms in total. The summed E-state index contributed by atoms with van der Waals surface area (Å²) in [7, 11) is 0. The van der Waals surface area contributed by atoms with Crippen molar-refractivity contribution >= 4 is 17.2 Å². The van der Waals surface area contributed by atoms with E-state index in [1.54, 1.807) is 6.92 Å². The van der Waals surface area contributed by atoms with E-state index in [1.165, 1.54) is 0 Å². The third-order valence-electron chi connectivity index (χ3n) is 3.10. The average molecular weight is 264 g/mol. The molecule has 0 aliphatic rings. The Kier molecular flexibility index (Phi) is 4.52. The number of benzene rings is 2. The molecule has 0 spiro atoms. The minimum atomic E-state index is 0.0554. The molecule has 0 saturated heterocycles. The Morgan fingerprint density at radius 1 is 1.05 bits per heavy atom. The molecular formula is C17H16N2O. The minimum Gasteiger partial charge on any atom is -0.340 e. The first-order valence-corrected chi connectivity index (χ1v) is 6.53. The topological polar surface area (TPSA) is 44.1 Å². The zero-order valence-electron chi connectivity index (χ0n) is 11.4.